The zero-order valence-corrected chi connectivity index (χ0v) is 14.6. The van der Waals surface area contributed by atoms with Crippen LogP contribution in [-0.2, 0) is 11.3 Å². The number of carbonyl (C=O) groups excluding carboxylic acids is 1. The molecule has 0 aliphatic carbocycles. The Bertz CT molecular complexity index is 1070. The first-order chi connectivity index (χ1) is 13.1. The number of hydrogen-bond acceptors (Lipinski definition) is 5. The molecule has 7 heteroatoms. The first-order valence-corrected chi connectivity index (χ1v) is 8.43. The van der Waals surface area contributed by atoms with E-state index < -0.39 is 0 Å². The molecule has 1 amide bonds. The van der Waals surface area contributed by atoms with Crippen LogP contribution in [-0.4, -0.2) is 22.5 Å². The minimum atomic E-state index is -0.348. The lowest BCUT2D eigenvalue weighted by molar-refractivity contribution is -0.117. The van der Waals surface area contributed by atoms with Crippen LogP contribution in [0.1, 0.15) is 5.56 Å². The molecule has 136 valence electrons. The molecule has 1 aliphatic rings. The maximum Gasteiger partial charge on any atom is 0.267 e. The average molecular weight is 363 g/mol. The second-order valence-corrected chi connectivity index (χ2v) is 6.20. The number of nitrogens with zero attached hydrogens (tertiary/aromatic N) is 2. The summed E-state index contributed by atoms with van der Waals surface area (Å²) in [6, 6.07) is 15.9. The molecule has 1 aromatic heterocycles. The number of carbonyl (C=O) groups is 1. The van der Waals surface area contributed by atoms with E-state index in [4.69, 9.17) is 9.47 Å². The smallest absolute Gasteiger partial charge is 0.267 e. The molecule has 2 heterocycles. The topological polar surface area (TPSA) is 82.5 Å². The van der Waals surface area contributed by atoms with Crippen molar-refractivity contribution in [2.75, 3.05) is 12.1 Å². The highest BCUT2D eigenvalue weighted by atomic mass is 16.7. The largest absolute Gasteiger partial charge is 0.454 e. The van der Waals surface area contributed by atoms with Crippen LogP contribution in [0.5, 0.6) is 11.5 Å². The van der Waals surface area contributed by atoms with E-state index in [9.17, 15) is 9.59 Å². The van der Waals surface area contributed by atoms with Gasteiger partial charge in [0.05, 0.1) is 5.69 Å². The van der Waals surface area contributed by atoms with Gasteiger partial charge in [0.2, 0.25) is 12.7 Å². The van der Waals surface area contributed by atoms with Crippen molar-refractivity contribution in [1.29, 1.82) is 0 Å². The summed E-state index contributed by atoms with van der Waals surface area (Å²) >= 11 is 0. The fourth-order valence-electron chi connectivity index (χ4n) is 2.83. The second-order valence-electron chi connectivity index (χ2n) is 6.20. The Balaban J connectivity index is 1.55. The van der Waals surface area contributed by atoms with Crippen LogP contribution in [0.3, 0.4) is 0 Å². The molecule has 7 nitrogen and oxygen atoms in total. The van der Waals surface area contributed by atoms with E-state index in [1.807, 2.05) is 31.2 Å². The van der Waals surface area contributed by atoms with Crippen LogP contribution in [0.25, 0.3) is 11.3 Å². The third-order valence-electron chi connectivity index (χ3n) is 4.13. The summed E-state index contributed by atoms with van der Waals surface area (Å²) in [5.74, 6) is 0.979. The van der Waals surface area contributed by atoms with Crippen LogP contribution in [0.2, 0.25) is 0 Å². The maximum atomic E-state index is 12.3. The summed E-state index contributed by atoms with van der Waals surface area (Å²) in [4.78, 5) is 24.4. The molecule has 27 heavy (non-hydrogen) atoms. The number of benzene rings is 2. The predicted octanol–water partition coefficient (Wildman–Crippen LogP) is 2.59. The molecule has 0 spiro atoms. The van der Waals surface area contributed by atoms with Gasteiger partial charge in [-0.2, -0.15) is 5.10 Å². The van der Waals surface area contributed by atoms with Crippen molar-refractivity contribution < 1.29 is 14.3 Å². The van der Waals surface area contributed by atoms with Crippen LogP contribution in [0.4, 0.5) is 5.69 Å². The zero-order valence-electron chi connectivity index (χ0n) is 14.6. The first kappa shape index (κ1) is 16.8. The number of amides is 1. The number of nitrogens with one attached hydrogen (secondary N) is 1. The van der Waals surface area contributed by atoms with Gasteiger partial charge in [0, 0.05) is 17.3 Å². The van der Waals surface area contributed by atoms with E-state index in [1.165, 1.54) is 6.07 Å². The Kier molecular flexibility index (Phi) is 4.33. The molecule has 4 rings (SSSR count). The fraction of sp³-hybridized carbons (Fsp3) is 0.150. The Morgan fingerprint density at radius 2 is 1.96 bits per heavy atom. The number of aryl methyl sites for hydroxylation is 1. The number of ether oxygens (including phenoxy) is 2. The van der Waals surface area contributed by atoms with Gasteiger partial charge in [-0.05, 0) is 48.9 Å². The highest BCUT2D eigenvalue weighted by molar-refractivity contribution is 5.90. The fourth-order valence-corrected chi connectivity index (χ4v) is 2.83. The average Bonchev–Trinajstić information content (AvgIpc) is 3.11. The van der Waals surface area contributed by atoms with Gasteiger partial charge in [0.15, 0.2) is 11.5 Å². The highest BCUT2D eigenvalue weighted by Crippen LogP contribution is 2.35. The molecular weight excluding hydrogens is 346 g/mol. The molecule has 0 bridgehead atoms. The highest BCUT2D eigenvalue weighted by Gasteiger charge is 2.15. The Morgan fingerprint density at radius 3 is 2.81 bits per heavy atom. The molecule has 0 atom stereocenters. The number of rotatable bonds is 4. The molecule has 2 aromatic carbocycles. The Hall–Kier alpha value is -3.61. The summed E-state index contributed by atoms with van der Waals surface area (Å²) in [6.45, 7) is 1.95. The second kappa shape index (κ2) is 6.95. The van der Waals surface area contributed by atoms with Gasteiger partial charge >= 0.3 is 0 Å². The van der Waals surface area contributed by atoms with E-state index in [0.717, 1.165) is 15.8 Å². The van der Waals surface area contributed by atoms with Gasteiger partial charge in [-0.3, -0.25) is 9.59 Å². The summed E-state index contributed by atoms with van der Waals surface area (Å²) in [5.41, 5.74) is 2.70. The minimum Gasteiger partial charge on any atom is -0.454 e. The third kappa shape index (κ3) is 3.67. The van der Waals surface area contributed by atoms with Crippen LogP contribution in [0, 0.1) is 6.92 Å². The van der Waals surface area contributed by atoms with E-state index in [-0.39, 0.29) is 24.8 Å². The van der Waals surface area contributed by atoms with Crippen LogP contribution < -0.4 is 20.3 Å². The lowest BCUT2D eigenvalue weighted by atomic mass is 10.1. The minimum absolute atomic E-state index is 0.175. The summed E-state index contributed by atoms with van der Waals surface area (Å²) in [7, 11) is 0. The van der Waals surface area contributed by atoms with Crippen molar-refractivity contribution in [3.05, 3.63) is 70.5 Å². The molecule has 0 saturated carbocycles. The lowest BCUT2D eigenvalue weighted by Gasteiger charge is -2.09. The molecule has 0 fully saturated rings. The third-order valence-corrected chi connectivity index (χ3v) is 4.13. The van der Waals surface area contributed by atoms with Crippen LogP contribution in [0.15, 0.2) is 59.4 Å². The van der Waals surface area contributed by atoms with Crippen molar-refractivity contribution in [2.24, 2.45) is 0 Å². The number of aromatic nitrogens is 2. The van der Waals surface area contributed by atoms with E-state index in [2.05, 4.69) is 10.4 Å². The van der Waals surface area contributed by atoms with E-state index in [1.54, 1.807) is 24.3 Å². The standard InChI is InChI=1S/C20H17N3O4/c1-13-3-2-4-15(9-13)21-19(24)11-23-20(25)8-6-16(22-23)14-5-7-17-18(10-14)27-12-26-17/h2-10H,11-12H2,1H3,(H,21,24). The SMILES string of the molecule is Cc1cccc(NC(=O)Cn2nc(-c3ccc4c(c3)OCO4)ccc2=O)c1. The molecular formula is C20H17N3O4. The van der Waals surface area contributed by atoms with Crippen molar-refractivity contribution >= 4 is 11.6 Å². The van der Waals surface area contributed by atoms with Crippen molar-refractivity contribution in [3.8, 4) is 22.8 Å². The normalized spacial score (nSPS) is 12.0. The van der Waals surface area contributed by atoms with E-state index >= 15 is 0 Å². The molecule has 0 saturated heterocycles. The maximum absolute atomic E-state index is 12.3. The Labute approximate surface area is 155 Å². The van der Waals surface area contributed by atoms with E-state index in [0.29, 0.717) is 22.9 Å². The van der Waals surface area contributed by atoms with Gasteiger partial charge in [-0.15, -0.1) is 0 Å². The molecule has 0 radical (unpaired) electrons. The molecule has 1 N–H and O–H groups in total. The first-order valence-electron chi connectivity index (χ1n) is 8.43. The van der Waals surface area contributed by atoms with Gasteiger partial charge in [0.25, 0.3) is 5.56 Å². The molecule has 3 aromatic rings. The lowest BCUT2D eigenvalue weighted by Crippen LogP contribution is -2.29. The van der Waals surface area contributed by atoms with Gasteiger partial charge in [-0.1, -0.05) is 12.1 Å². The van der Waals surface area contributed by atoms with Gasteiger partial charge in [-0.25, -0.2) is 4.68 Å². The van der Waals surface area contributed by atoms with Crippen molar-refractivity contribution in [1.82, 2.24) is 9.78 Å². The monoisotopic (exact) mass is 363 g/mol. The summed E-state index contributed by atoms with van der Waals surface area (Å²) < 4.78 is 11.8. The predicted molar refractivity (Wildman–Crippen MR) is 99.9 cm³/mol. The van der Waals surface area contributed by atoms with Gasteiger partial charge in [0.1, 0.15) is 6.54 Å². The zero-order chi connectivity index (χ0) is 18.8. The number of anilines is 1. The molecule has 1 aliphatic heterocycles. The van der Waals surface area contributed by atoms with Crippen molar-refractivity contribution in [2.45, 2.75) is 13.5 Å². The van der Waals surface area contributed by atoms with Crippen LogP contribution >= 0.6 is 0 Å². The Morgan fingerprint density at radius 1 is 1.11 bits per heavy atom. The number of fused-ring (bicyclic) bond motifs is 1. The van der Waals surface area contributed by atoms with Gasteiger partial charge < -0.3 is 14.8 Å². The number of hydrogen-bond donors (Lipinski definition) is 1. The molecule has 0 unspecified atom stereocenters. The summed E-state index contributed by atoms with van der Waals surface area (Å²) in [5, 5.41) is 7.09. The quantitative estimate of drug-likeness (QED) is 0.770. The van der Waals surface area contributed by atoms with Crippen molar-refractivity contribution in [3.63, 3.8) is 0 Å². The summed E-state index contributed by atoms with van der Waals surface area (Å²) in [6.07, 6.45) is 0.